The normalized spacial score (nSPS) is 32.5. The molecule has 2 N–H and O–H groups in total. The number of carbonyl (C=O) groups excluding carboxylic acids is 2. The van der Waals surface area contributed by atoms with E-state index in [0.717, 1.165) is 12.1 Å². The van der Waals surface area contributed by atoms with Crippen LogP contribution in [0.3, 0.4) is 0 Å². The van der Waals surface area contributed by atoms with Crippen LogP contribution in [0.25, 0.3) is 0 Å². The molecule has 0 aromatic carbocycles. The van der Waals surface area contributed by atoms with Crippen LogP contribution < -0.4 is 5.32 Å². The van der Waals surface area contributed by atoms with E-state index >= 15 is 0 Å². The number of nitrogens with zero attached hydrogens (tertiary/aromatic N) is 3. The predicted molar refractivity (Wildman–Crippen MR) is 95.3 cm³/mol. The molecule has 8 nitrogen and oxygen atoms in total. The van der Waals surface area contributed by atoms with Crippen molar-refractivity contribution in [2.24, 2.45) is 11.8 Å². The van der Waals surface area contributed by atoms with Gasteiger partial charge in [-0.25, -0.2) is 0 Å². The summed E-state index contributed by atoms with van der Waals surface area (Å²) in [5, 5.41) is 12.3. The van der Waals surface area contributed by atoms with E-state index in [1.54, 1.807) is 12.4 Å². The van der Waals surface area contributed by atoms with Gasteiger partial charge in [0.15, 0.2) is 0 Å². The Morgan fingerprint density at radius 2 is 2.11 bits per heavy atom. The largest absolute Gasteiger partial charge is 0.393 e. The van der Waals surface area contributed by atoms with Crippen molar-refractivity contribution in [1.82, 2.24) is 20.2 Å². The first-order chi connectivity index (χ1) is 13.0. The predicted octanol–water partition coefficient (Wildman–Crippen LogP) is 0.178. The van der Waals surface area contributed by atoms with Gasteiger partial charge in [0.05, 0.1) is 36.3 Å². The summed E-state index contributed by atoms with van der Waals surface area (Å²) in [6.07, 6.45) is 5.14. The highest BCUT2D eigenvalue weighted by molar-refractivity contribution is 5.81. The van der Waals surface area contributed by atoms with E-state index in [4.69, 9.17) is 4.74 Å². The molecule has 0 unspecified atom stereocenters. The molecular weight excluding hydrogens is 348 g/mol. The Hall–Kier alpha value is -2.06. The molecule has 2 aliphatic heterocycles. The number of fused-ring (bicyclic) bond motifs is 1. The third kappa shape index (κ3) is 3.96. The maximum Gasteiger partial charge on any atom is 0.249 e. The molecule has 0 radical (unpaired) electrons. The van der Waals surface area contributed by atoms with Gasteiger partial charge in [0.25, 0.3) is 0 Å². The van der Waals surface area contributed by atoms with Crippen molar-refractivity contribution in [3.05, 3.63) is 23.8 Å². The summed E-state index contributed by atoms with van der Waals surface area (Å²) in [6, 6.07) is 0. The van der Waals surface area contributed by atoms with Crippen molar-refractivity contribution in [2.45, 2.75) is 57.5 Å². The molecule has 1 saturated carbocycles. The Kier molecular flexibility index (Phi) is 5.10. The number of likely N-dealkylation sites (tertiary alicyclic amines) is 1. The zero-order chi connectivity index (χ0) is 19.0. The summed E-state index contributed by atoms with van der Waals surface area (Å²) >= 11 is 0. The summed E-state index contributed by atoms with van der Waals surface area (Å²) in [7, 11) is 0. The molecule has 1 aliphatic carbocycles. The van der Waals surface area contributed by atoms with Gasteiger partial charge in [-0.2, -0.15) is 0 Å². The fourth-order valence-corrected chi connectivity index (χ4v) is 4.15. The fraction of sp³-hybridized carbons (Fsp3) is 0.684. The molecule has 146 valence electrons. The molecule has 8 heteroatoms. The molecule has 1 aromatic heterocycles. The van der Waals surface area contributed by atoms with E-state index in [1.165, 1.54) is 0 Å². The minimum Gasteiger partial charge on any atom is -0.393 e. The highest BCUT2D eigenvalue weighted by Crippen LogP contribution is 2.36. The van der Waals surface area contributed by atoms with Gasteiger partial charge >= 0.3 is 0 Å². The lowest BCUT2D eigenvalue weighted by molar-refractivity contribution is -0.147. The number of rotatable bonds is 4. The Morgan fingerprint density at radius 3 is 2.81 bits per heavy atom. The summed E-state index contributed by atoms with van der Waals surface area (Å²) in [5.74, 6) is 0.253. The van der Waals surface area contributed by atoms with E-state index < -0.39 is 6.10 Å². The van der Waals surface area contributed by atoms with Gasteiger partial charge in [-0.1, -0.05) is 0 Å². The number of hydrogen-bond acceptors (Lipinski definition) is 6. The Balaban J connectivity index is 1.27. The number of ether oxygens (including phenoxy) is 1. The Labute approximate surface area is 158 Å². The van der Waals surface area contributed by atoms with E-state index in [1.807, 2.05) is 11.8 Å². The zero-order valence-corrected chi connectivity index (χ0v) is 15.5. The number of aliphatic hydroxyl groups is 1. The molecule has 2 amide bonds. The average molecular weight is 374 g/mol. The van der Waals surface area contributed by atoms with E-state index in [-0.39, 0.29) is 29.9 Å². The minimum atomic E-state index is -0.473. The molecular formula is C19H26N4O4. The second-order valence-corrected chi connectivity index (χ2v) is 7.92. The number of carbonyl (C=O) groups is 2. The molecule has 3 fully saturated rings. The quantitative estimate of drug-likeness (QED) is 0.779. The van der Waals surface area contributed by atoms with Gasteiger partial charge in [0.1, 0.15) is 6.10 Å². The van der Waals surface area contributed by atoms with Crippen molar-refractivity contribution in [3.8, 4) is 0 Å². The lowest BCUT2D eigenvalue weighted by atomic mass is 9.80. The number of piperidine rings is 1. The Bertz CT molecular complexity index is 704. The van der Waals surface area contributed by atoms with E-state index in [9.17, 15) is 14.7 Å². The molecule has 2 saturated heterocycles. The lowest BCUT2D eigenvalue weighted by Gasteiger charge is -2.39. The highest BCUT2D eigenvalue weighted by atomic mass is 16.5. The average Bonchev–Trinajstić information content (AvgIpc) is 3.07. The molecule has 3 atom stereocenters. The van der Waals surface area contributed by atoms with Crippen molar-refractivity contribution in [2.75, 3.05) is 13.1 Å². The van der Waals surface area contributed by atoms with Gasteiger partial charge in [-0.15, -0.1) is 0 Å². The third-order valence-corrected chi connectivity index (χ3v) is 5.90. The van der Waals surface area contributed by atoms with Gasteiger partial charge in [0, 0.05) is 25.2 Å². The number of aromatic nitrogens is 2. The maximum atomic E-state index is 12.5. The van der Waals surface area contributed by atoms with Gasteiger partial charge in [0.2, 0.25) is 11.8 Å². The smallest absolute Gasteiger partial charge is 0.249 e. The zero-order valence-electron chi connectivity index (χ0n) is 15.5. The first-order valence-electron chi connectivity index (χ1n) is 9.67. The number of nitrogens with one attached hydrogen (secondary N) is 1. The highest BCUT2D eigenvalue weighted by Gasteiger charge is 2.44. The van der Waals surface area contributed by atoms with Crippen LogP contribution in [-0.4, -0.2) is 63.2 Å². The lowest BCUT2D eigenvalue weighted by Crippen LogP contribution is -2.50. The molecule has 3 heterocycles. The second kappa shape index (κ2) is 7.52. The first kappa shape index (κ1) is 18.3. The number of aryl methyl sites for hydroxylation is 1. The van der Waals surface area contributed by atoms with Crippen LogP contribution >= 0.6 is 0 Å². The fourth-order valence-electron chi connectivity index (χ4n) is 4.15. The van der Waals surface area contributed by atoms with Crippen molar-refractivity contribution in [1.29, 1.82) is 0 Å². The van der Waals surface area contributed by atoms with Crippen LogP contribution in [0, 0.1) is 18.8 Å². The summed E-state index contributed by atoms with van der Waals surface area (Å²) in [5.41, 5.74) is 1.55. The number of amides is 2. The van der Waals surface area contributed by atoms with Crippen LogP contribution in [0.1, 0.15) is 37.1 Å². The minimum absolute atomic E-state index is 0.0485. The second-order valence-electron chi connectivity index (χ2n) is 7.92. The summed E-state index contributed by atoms with van der Waals surface area (Å²) in [4.78, 5) is 35.2. The van der Waals surface area contributed by atoms with E-state index in [2.05, 4.69) is 15.3 Å². The van der Waals surface area contributed by atoms with Crippen LogP contribution in [0.4, 0.5) is 0 Å². The van der Waals surface area contributed by atoms with Crippen LogP contribution in [-0.2, 0) is 20.9 Å². The molecule has 4 rings (SSSR count). The van der Waals surface area contributed by atoms with Gasteiger partial charge in [-0.05, 0) is 38.5 Å². The molecule has 27 heavy (non-hydrogen) atoms. The van der Waals surface area contributed by atoms with Crippen LogP contribution in [0.5, 0.6) is 0 Å². The summed E-state index contributed by atoms with van der Waals surface area (Å²) < 4.78 is 5.98. The SMILES string of the molecule is Cc1cnc(CNC(=O)[C@@H]2C[C@@H]3CCN(C(=O)C4CC(O)C4)C[C@H]3O2)cn1. The Morgan fingerprint density at radius 1 is 1.30 bits per heavy atom. The van der Waals surface area contributed by atoms with Crippen LogP contribution in [0.2, 0.25) is 0 Å². The molecule has 0 spiro atoms. The standard InChI is InChI=1S/C19H26N4O4/c1-11-7-21-14(8-20-11)9-22-18(25)16-6-12-2-3-23(10-17(12)27-16)19(26)13-4-15(24)5-13/h7-8,12-13,15-17,24H,2-6,9-10H2,1H3,(H,22,25)/t12-,13?,15?,16-,17+/m0/s1. The monoisotopic (exact) mass is 374 g/mol. The molecule has 1 aromatic rings. The first-order valence-corrected chi connectivity index (χ1v) is 9.67. The van der Waals surface area contributed by atoms with Crippen molar-refractivity contribution < 1.29 is 19.4 Å². The maximum absolute atomic E-state index is 12.5. The van der Waals surface area contributed by atoms with E-state index in [0.29, 0.717) is 50.5 Å². The van der Waals surface area contributed by atoms with Crippen molar-refractivity contribution in [3.63, 3.8) is 0 Å². The van der Waals surface area contributed by atoms with Gasteiger partial charge in [-0.3, -0.25) is 19.6 Å². The molecule has 0 bridgehead atoms. The van der Waals surface area contributed by atoms with Gasteiger partial charge < -0.3 is 20.1 Å². The number of aliphatic hydroxyl groups excluding tert-OH is 1. The topological polar surface area (TPSA) is 105 Å². The molecule has 3 aliphatic rings. The van der Waals surface area contributed by atoms with Crippen LogP contribution in [0.15, 0.2) is 12.4 Å². The third-order valence-electron chi connectivity index (χ3n) is 5.90. The number of hydrogen-bond donors (Lipinski definition) is 2. The summed E-state index contributed by atoms with van der Waals surface area (Å²) in [6.45, 7) is 3.45. The van der Waals surface area contributed by atoms with Crippen molar-refractivity contribution >= 4 is 11.8 Å².